The van der Waals surface area contributed by atoms with Crippen molar-refractivity contribution in [3.05, 3.63) is 53.1 Å². The molecule has 1 aliphatic rings. The zero-order chi connectivity index (χ0) is 18.5. The third kappa shape index (κ3) is 5.69. The number of benzene rings is 2. The van der Waals surface area contributed by atoms with Crippen LogP contribution in [0.4, 0.5) is 14.5 Å². The van der Waals surface area contributed by atoms with E-state index in [1.165, 1.54) is 30.7 Å². The number of hydrogen-bond acceptors (Lipinski definition) is 3. The molecule has 0 radical (unpaired) electrons. The van der Waals surface area contributed by atoms with E-state index in [0.717, 1.165) is 18.5 Å². The second kappa shape index (κ2) is 9.72. The van der Waals surface area contributed by atoms with Crippen LogP contribution in [0.1, 0.15) is 23.1 Å². The molecule has 0 aliphatic heterocycles. The number of aliphatic imine (C=N–C) groups is 1. The summed E-state index contributed by atoms with van der Waals surface area (Å²) in [6.07, 6.45) is 3.39. The van der Waals surface area contributed by atoms with E-state index in [0.29, 0.717) is 5.56 Å². The van der Waals surface area contributed by atoms with Crippen molar-refractivity contribution < 1.29 is 18.3 Å². The van der Waals surface area contributed by atoms with E-state index in [4.69, 9.17) is 10.5 Å². The number of rotatable bonds is 6. The molecule has 5 nitrogen and oxygen atoms in total. The smallest absolute Gasteiger partial charge is 0.387 e. The molecule has 8 heteroatoms. The minimum atomic E-state index is -2.92. The summed E-state index contributed by atoms with van der Waals surface area (Å²) >= 11 is 0. The van der Waals surface area contributed by atoms with Gasteiger partial charge in [-0.1, -0.05) is 12.1 Å². The number of hydrogen-bond donors (Lipinski definition) is 2. The fourth-order valence-corrected chi connectivity index (χ4v) is 3.02. The SMILES string of the molecule is COc1ccc(CN=C(N)Nc2ccc3c(c2)CCC3)cc1OC(F)F.I. The Morgan fingerprint density at radius 3 is 2.67 bits per heavy atom. The molecule has 146 valence electrons. The molecule has 0 saturated carbocycles. The Bertz CT molecular complexity index is 816. The van der Waals surface area contributed by atoms with Gasteiger partial charge < -0.3 is 20.5 Å². The normalized spacial score (nSPS) is 13.1. The van der Waals surface area contributed by atoms with Crippen LogP contribution < -0.4 is 20.5 Å². The van der Waals surface area contributed by atoms with Gasteiger partial charge in [0, 0.05) is 5.69 Å². The standard InChI is InChI=1S/C19H21F2N3O2.HI/c1-25-16-8-5-12(9-17(16)26-18(20)21)11-23-19(22)24-15-7-6-13-3-2-4-14(13)10-15;/h5-10,18H,2-4,11H2,1H3,(H3,22,23,24);1H. The van der Waals surface area contributed by atoms with Crippen molar-refractivity contribution in [3.63, 3.8) is 0 Å². The molecule has 0 unspecified atom stereocenters. The Morgan fingerprint density at radius 1 is 1.15 bits per heavy atom. The van der Waals surface area contributed by atoms with Crippen molar-refractivity contribution >= 4 is 35.6 Å². The van der Waals surface area contributed by atoms with Gasteiger partial charge in [0.1, 0.15) is 0 Å². The van der Waals surface area contributed by atoms with Gasteiger partial charge in [-0.3, -0.25) is 0 Å². The van der Waals surface area contributed by atoms with Crippen molar-refractivity contribution in [3.8, 4) is 11.5 Å². The molecule has 27 heavy (non-hydrogen) atoms. The highest BCUT2D eigenvalue weighted by Gasteiger charge is 2.12. The van der Waals surface area contributed by atoms with E-state index in [-0.39, 0.29) is 48.0 Å². The van der Waals surface area contributed by atoms with Gasteiger partial charge in [0.2, 0.25) is 0 Å². The summed E-state index contributed by atoms with van der Waals surface area (Å²) in [5, 5.41) is 3.06. The largest absolute Gasteiger partial charge is 0.493 e. The number of ether oxygens (including phenoxy) is 2. The van der Waals surface area contributed by atoms with Crippen LogP contribution in [0.3, 0.4) is 0 Å². The molecule has 1 aliphatic carbocycles. The second-order valence-corrected chi connectivity index (χ2v) is 6.03. The number of anilines is 1. The van der Waals surface area contributed by atoms with Crippen molar-refractivity contribution in [1.82, 2.24) is 0 Å². The molecule has 0 aromatic heterocycles. The van der Waals surface area contributed by atoms with E-state index in [9.17, 15) is 8.78 Å². The maximum atomic E-state index is 12.5. The minimum absolute atomic E-state index is 0. The fourth-order valence-electron chi connectivity index (χ4n) is 3.02. The molecule has 0 atom stereocenters. The number of aryl methyl sites for hydroxylation is 2. The number of methoxy groups -OCH3 is 1. The molecule has 0 fully saturated rings. The van der Waals surface area contributed by atoms with Crippen LogP contribution >= 0.6 is 24.0 Å². The van der Waals surface area contributed by atoms with Gasteiger partial charge in [0.15, 0.2) is 17.5 Å². The zero-order valence-electron chi connectivity index (χ0n) is 14.9. The minimum Gasteiger partial charge on any atom is -0.493 e. The molecule has 0 bridgehead atoms. The van der Waals surface area contributed by atoms with E-state index in [2.05, 4.69) is 27.2 Å². The monoisotopic (exact) mass is 489 g/mol. The van der Waals surface area contributed by atoms with E-state index < -0.39 is 6.61 Å². The predicted octanol–water partition coefficient (Wildman–Crippen LogP) is 4.33. The molecule has 3 N–H and O–H groups in total. The van der Waals surface area contributed by atoms with Gasteiger partial charge >= 0.3 is 6.61 Å². The van der Waals surface area contributed by atoms with Gasteiger partial charge in [-0.15, -0.1) is 24.0 Å². The number of nitrogens with zero attached hydrogens (tertiary/aromatic N) is 1. The van der Waals surface area contributed by atoms with Crippen LogP contribution in [0.2, 0.25) is 0 Å². The lowest BCUT2D eigenvalue weighted by atomic mass is 10.1. The Labute approximate surface area is 174 Å². The number of halogens is 3. The van der Waals surface area contributed by atoms with Crippen LogP contribution in [0, 0.1) is 0 Å². The van der Waals surface area contributed by atoms with Crippen molar-refractivity contribution in [1.29, 1.82) is 0 Å². The van der Waals surface area contributed by atoms with Crippen LogP contribution in [-0.4, -0.2) is 19.7 Å². The Morgan fingerprint density at radius 2 is 1.93 bits per heavy atom. The molecule has 2 aromatic carbocycles. The van der Waals surface area contributed by atoms with E-state index in [1.54, 1.807) is 12.1 Å². The third-order valence-corrected chi connectivity index (χ3v) is 4.25. The first-order valence-electron chi connectivity index (χ1n) is 8.35. The maximum Gasteiger partial charge on any atom is 0.387 e. The Balaban J connectivity index is 0.00000261. The highest BCUT2D eigenvalue weighted by atomic mass is 127. The first kappa shape index (κ1) is 21.2. The quantitative estimate of drug-likeness (QED) is 0.360. The number of fused-ring (bicyclic) bond motifs is 1. The summed E-state index contributed by atoms with van der Waals surface area (Å²) in [6, 6.07) is 10.9. The average molecular weight is 489 g/mol. The molecule has 3 rings (SSSR count). The Kier molecular flexibility index (Phi) is 7.64. The lowest BCUT2D eigenvalue weighted by Gasteiger charge is -2.11. The van der Waals surface area contributed by atoms with Crippen LogP contribution in [0.25, 0.3) is 0 Å². The summed E-state index contributed by atoms with van der Waals surface area (Å²) in [6.45, 7) is -2.69. The lowest BCUT2D eigenvalue weighted by Crippen LogP contribution is -2.22. The van der Waals surface area contributed by atoms with Crippen LogP contribution in [0.15, 0.2) is 41.4 Å². The summed E-state index contributed by atoms with van der Waals surface area (Å²) in [5.74, 6) is 0.470. The fraction of sp³-hybridized carbons (Fsp3) is 0.316. The number of alkyl halides is 2. The summed E-state index contributed by atoms with van der Waals surface area (Å²) in [7, 11) is 1.39. The topological polar surface area (TPSA) is 68.9 Å². The summed E-state index contributed by atoms with van der Waals surface area (Å²) in [4.78, 5) is 4.26. The molecular weight excluding hydrogens is 467 g/mol. The first-order valence-corrected chi connectivity index (χ1v) is 8.35. The first-order chi connectivity index (χ1) is 12.5. The molecule has 0 spiro atoms. The van der Waals surface area contributed by atoms with Gasteiger partial charge in [-0.05, 0) is 60.2 Å². The van der Waals surface area contributed by atoms with Gasteiger partial charge in [-0.2, -0.15) is 8.78 Å². The number of nitrogens with two attached hydrogens (primary N) is 1. The maximum absolute atomic E-state index is 12.5. The summed E-state index contributed by atoms with van der Waals surface area (Å²) < 4.78 is 34.4. The van der Waals surface area contributed by atoms with Crippen LogP contribution in [0.5, 0.6) is 11.5 Å². The second-order valence-electron chi connectivity index (χ2n) is 6.03. The van der Waals surface area contributed by atoms with Gasteiger partial charge in [0.25, 0.3) is 0 Å². The number of nitrogens with one attached hydrogen (secondary N) is 1. The highest BCUT2D eigenvalue weighted by Crippen LogP contribution is 2.30. The third-order valence-electron chi connectivity index (χ3n) is 4.25. The van der Waals surface area contributed by atoms with Gasteiger partial charge in [-0.25, -0.2) is 4.99 Å². The van der Waals surface area contributed by atoms with Gasteiger partial charge in [0.05, 0.1) is 13.7 Å². The molecular formula is C19H22F2IN3O2. The average Bonchev–Trinajstić information content (AvgIpc) is 3.07. The molecule has 0 heterocycles. The molecule has 0 amide bonds. The lowest BCUT2D eigenvalue weighted by molar-refractivity contribution is -0.0512. The highest BCUT2D eigenvalue weighted by molar-refractivity contribution is 14.0. The van der Waals surface area contributed by atoms with Crippen molar-refractivity contribution in [2.24, 2.45) is 10.7 Å². The van der Waals surface area contributed by atoms with Crippen molar-refractivity contribution in [2.75, 3.05) is 12.4 Å². The Hall–Kier alpha value is -2.10. The molecule has 0 saturated heterocycles. The number of guanidine groups is 1. The van der Waals surface area contributed by atoms with Crippen molar-refractivity contribution in [2.45, 2.75) is 32.4 Å². The van der Waals surface area contributed by atoms with E-state index >= 15 is 0 Å². The predicted molar refractivity (Wildman–Crippen MR) is 112 cm³/mol. The van der Waals surface area contributed by atoms with E-state index in [1.807, 2.05) is 6.07 Å². The summed E-state index contributed by atoms with van der Waals surface area (Å²) in [5.41, 5.74) is 10.2. The zero-order valence-corrected chi connectivity index (χ0v) is 17.2. The molecule has 2 aromatic rings. The van der Waals surface area contributed by atoms with Crippen LogP contribution in [-0.2, 0) is 19.4 Å².